The Labute approximate surface area is 127 Å². The lowest BCUT2D eigenvalue weighted by molar-refractivity contribution is -0.121. The number of hydrogen-bond acceptors (Lipinski definition) is 2. The van der Waals surface area contributed by atoms with Crippen LogP contribution in [0.5, 0.6) is 0 Å². The summed E-state index contributed by atoms with van der Waals surface area (Å²) in [6, 6.07) is 7.48. The molecule has 4 nitrogen and oxygen atoms in total. The van der Waals surface area contributed by atoms with Gasteiger partial charge in [0.2, 0.25) is 5.91 Å². The molecule has 108 valence electrons. The molecule has 2 rings (SSSR count). The molecule has 1 aromatic rings. The van der Waals surface area contributed by atoms with Crippen molar-refractivity contribution in [3.63, 3.8) is 0 Å². The van der Waals surface area contributed by atoms with Crippen LogP contribution in [0.25, 0.3) is 0 Å². The van der Waals surface area contributed by atoms with Crippen LogP contribution in [0.1, 0.15) is 42.5 Å². The smallest absolute Gasteiger partial charge is 0.251 e. The molecular formula is C15H19BrN2O2. The van der Waals surface area contributed by atoms with Gasteiger partial charge in [-0.1, -0.05) is 28.8 Å². The van der Waals surface area contributed by atoms with Gasteiger partial charge >= 0.3 is 0 Å². The monoisotopic (exact) mass is 338 g/mol. The summed E-state index contributed by atoms with van der Waals surface area (Å²) in [5.74, 6) is -0.126. The number of amides is 2. The summed E-state index contributed by atoms with van der Waals surface area (Å²) >= 11 is 3.32. The molecule has 0 radical (unpaired) electrons. The fourth-order valence-corrected chi connectivity index (χ4v) is 2.63. The van der Waals surface area contributed by atoms with Crippen LogP contribution in [0.3, 0.4) is 0 Å². The molecule has 2 N–H and O–H groups in total. The highest BCUT2D eigenvalue weighted by atomic mass is 79.9. The highest BCUT2D eigenvalue weighted by molar-refractivity contribution is 9.10. The Morgan fingerprint density at radius 2 is 1.80 bits per heavy atom. The molecular weight excluding hydrogens is 320 g/mol. The molecule has 1 saturated carbocycles. The van der Waals surface area contributed by atoms with Gasteiger partial charge in [-0.2, -0.15) is 0 Å². The molecule has 1 aliphatic rings. The van der Waals surface area contributed by atoms with Crippen molar-refractivity contribution in [2.75, 3.05) is 6.54 Å². The minimum Gasteiger partial charge on any atom is -0.353 e. The van der Waals surface area contributed by atoms with Crippen molar-refractivity contribution >= 4 is 27.7 Å². The number of benzene rings is 1. The van der Waals surface area contributed by atoms with Crippen molar-refractivity contribution in [3.8, 4) is 0 Å². The number of carbonyl (C=O) groups excluding carboxylic acids is 2. The normalized spacial score (nSPS) is 15.1. The first kappa shape index (κ1) is 15.0. The Balaban J connectivity index is 1.68. The molecule has 0 unspecified atom stereocenters. The first-order chi connectivity index (χ1) is 9.65. The van der Waals surface area contributed by atoms with Gasteiger partial charge < -0.3 is 10.6 Å². The summed E-state index contributed by atoms with van der Waals surface area (Å²) in [4.78, 5) is 23.5. The first-order valence-electron chi connectivity index (χ1n) is 6.98. The van der Waals surface area contributed by atoms with E-state index in [1.54, 1.807) is 12.1 Å². The summed E-state index contributed by atoms with van der Waals surface area (Å²) in [7, 11) is 0. The molecule has 5 heteroatoms. The summed E-state index contributed by atoms with van der Waals surface area (Å²) in [6.07, 6.45) is 4.89. The van der Waals surface area contributed by atoms with E-state index in [1.165, 1.54) is 12.8 Å². The first-order valence-corrected chi connectivity index (χ1v) is 7.77. The Morgan fingerprint density at radius 1 is 1.15 bits per heavy atom. The van der Waals surface area contributed by atoms with Gasteiger partial charge in [-0.25, -0.2) is 0 Å². The quantitative estimate of drug-likeness (QED) is 0.866. The number of hydrogen-bond donors (Lipinski definition) is 2. The number of nitrogens with one attached hydrogen (secondary N) is 2. The maximum atomic E-state index is 11.8. The van der Waals surface area contributed by atoms with Gasteiger partial charge in [0.15, 0.2) is 0 Å². The lowest BCUT2D eigenvalue weighted by Crippen LogP contribution is -2.35. The molecule has 0 aromatic heterocycles. The molecule has 0 aliphatic heterocycles. The number of rotatable bonds is 5. The van der Waals surface area contributed by atoms with Crippen molar-refractivity contribution in [2.45, 2.75) is 38.1 Å². The van der Waals surface area contributed by atoms with Gasteiger partial charge in [-0.15, -0.1) is 0 Å². The molecule has 1 aliphatic carbocycles. The van der Waals surface area contributed by atoms with E-state index in [-0.39, 0.29) is 11.8 Å². The maximum absolute atomic E-state index is 11.8. The Kier molecular flexibility index (Phi) is 5.59. The van der Waals surface area contributed by atoms with Crippen molar-refractivity contribution in [1.29, 1.82) is 0 Å². The van der Waals surface area contributed by atoms with Crippen molar-refractivity contribution in [3.05, 3.63) is 34.3 Å². The average Bonchev–Trinajstić information content (AvgIpc) is 2.92. The summed E-state index contributed by atoms with van der Waals surface area (Å²) in [6.45, 7) is 0.369. The lowest BCUT2D eigenvalue weighted by Gasteiger charge is -2.12. The SMILES string of the molecule is O=C(CCNC(=O)c1ccc(Br)cc1)NC1CCCC1. The lowest BCUT2D eigenvalue weighted by atomic mass is 10.2. The standard InChI is InChI=1S/C15H19BrN2O2/c16-12-7-5-11(6-8-12)15(20)17-10-9-14(19)18-13-3-1-2-4-13/h5-8,13H,1-4,9-10H2,(H,17,20)(H,18,19). The van der Waals surface area contributed by atoms with Crippen LogP contribution in [0.2, 0.25) is 0 Å². The molecule has 20 heavy (non-hydrogen) atoms. The van der Waals surface area contributed by atoms with Gasteiger partial charge in [0, 0.05) is 29.0 Å². The molecule has 0 heterocycles. The Hall–Kier alpha value is -1.36. The van der Waals surface area contributed by atoms with Crippen LogP contribution in [-0.2, 0) is 4.79 Å². The third-order valence-corrected chi connectivity index (χ3v) is 3.99. The maximum Gasteiger partial charge on any atom is 0.251 e. The predicted octanol–water partition coefficient (Wildman–Crippen LogP) is 2.63. The summed E-state index contributed by atoms with van der Waals surface area (Å²) in [5, 5.41) is 5.76. The predicted molar refractivity (Wildman–Crippen MR) is 81.5 cm³/mol. The van der Waals surface area contributed by atoms with Gasteiger partial charge in [0.25, 0.3) is 5.91 Å². The van der Waals surface area contributed by atoms with Crippen LogP contribution in [0, 0.1) is 0 Å². The van der Waals surface area contributed by atoms with Gasteiger partial charge in [-0.3, -0.25) is 9.59 Å². The number of carbonyl (C=O) groups is 2. The molecule has 2 amide bonds. The van der Waals surface area contributed by atoms with E-state index in [4.69, 9.17) is 0 Å². The Bertz CT molecular complexity index is 467. The zero-order chi connectivity index (χ0) is 14.4. The van der Waals surface area contributed by atoms with Crippen molar-refractivity contribution in [1.82, 2.24) is 10.6 Å². The van der Waals surface area contributed by atoms with Gasteiger partial charge in [0.05, 0.1) is 0 Å². The topological polar surface area (TPSA) is 58.2 Å². The second-order valence-electron chi connectivity index (χ2n) is 5.06. The molecule has 0 saturated heterocycles. The second-order valence-corrected chi connectivity index (χ2v) is 5.98. The largest absolute Gasteiger partial charge is 0.353 e. The average molecular weight is 339 g/mol. The van der Waals surface area contributed by atoms with Crippen LogP contribution >= 0.6 is 15.9 Å². The number of halogens is 1. The van der Waals surface area contributed by atoms with E-state index in [1.807, 2.05) is 12.1 Å². The summed E-state index contributed by atoms with van der Waals surface area (Å²) < 4.78 is 0.935. The zero-order valence-corrected chi connectivity index (χ0v) is 12.9. The minimum atomic E-state index is -0.147. The molecule has 1 fully saturated rings. The molecule has 0 atom stereocenters. The van der Waals surface area contributed by atoms with Gasteiger partial charge in [-0.05, 0) is 37.1 Å². The highest BCUT2D eigenvalue weighted by Crippen LogP contribution is 2.17. The minimum absolute atomic E-state index is 0.0213. The zero-order valence-electron chi connectivity index (χ0n) is 11.3. The fourth-order valence-electron chi connectivity index (χ4n) is 2.36. The molecule has 0 bridgehead atoms. The van der Waals surface area contributed by atoms with E-state index in [0.717, 1.165) is 17.3 Å². The van der Waals surface area contributed by atoms with E-state index in [2.05, 4.69) is 26.6 Å². The van der Waals surface area contributed by atoms with E-state index < -0.39 is 0 Å². The van der Waals surface area contributed by atoms with Crippen LogP contribution in [0.15, 0.2) is 28.7 Å². The van der Waals surface area contributed by atoms with E-state index in [0.29, 0.717) is 24.6 Å². The van der Waals surface area contributed by atoms with Crippen LogP contribution in [-0.4, -0.2) is 24.4 Å². The van der Waals surface area contributed by atoms with Crippen LogP contribution < -0.4 is 10.6 Å². The van der Waals surface area contributed by atoms with E-state index >= 15 is 0 Å². The van der Waals surface area contributed by atoms with Gasteiger partial charge in [0.1, 0.15) is 0 Å². The third kappa shape index (κ3) is 4.63. The highest BCUT2D eigenvalue weighted by Gasteiger charge is 2.16. The van der Waals surface area contributed by atoms with E-state index in [9.17, 15) is 9.59 Å². The second kappa shape index (κ2) is 7.43. The summed E-state index contributed by atoms with van der Waals surface area (Å²) in [5.41, 5.74) is 0.601. The fraction of sp³-hybridized carbons (Fsp3) is 0.467. The van der Waals surface area contributed by atoms with Crippen molar-refractivity contribution in [2.24, 2.45) is 0 Å². The Morgan fingerprint density at radius 3 is 2.45 bits per heavy atom. The molecule has 1 aromatic carbocycles. The molecule has 0 spiro atoms. The van der Waals surface area contributed by atoms with Crippen LogP contribution in [0.4, 0.5) is 0 Å². The third-order valence-electron chi connectivity index (χ3n) is 3.46. The van der Waals surface area contributed by atoms with Crippen molar-refractivity contribution < 1.29 is 9.59 Å².